The molecule has 0 atom stereocenters. The number of hydrogen-bond acceptors (Lipinski definition) is 5. The summed E-state index contributed by atoms with van der Waals surface area (Å²) >= 11 is 0. The van der Waals surface area contributed by atoms with Crippen LogP contribution in [-0.4, -0.2) is 40.6 Å². The summed E-state index contributed by atoms with van der Waals surface area (Å²) in [4.78, 5) is 28.1. The second kappa shape index (κ2) is 7.87. The summed E-state index contributed by atoms with van der Waals surface area (Å²) in [6.07, 6.45) is 1.79. The quantitative estimate of drug-likeness (QED) is 0.655. The number of nitrogens with one attached hydrogen (secondary N) is 2. The van der Waals surface area contributed by atoms with Crippen molar-refractivity contribution in [3.05, 3.63) is 20.8 Å². The van der Waals surface area contributed by atoms with Crippen molar-refractivity contribution in [1.82, 2.24) is 14.5 Å². The van der Waals surface area contributed by atoms with Crippen molar-refractivity contribution < 1.29 is 0 Å². The minimum atomic E-state index is -0.461. The van der Waals surface area contributed by atoms with Gasteiger partial charge in [0.05, 0.1) is 0 Å². The van der Waals surface area contributed by atoms with Crippen LogP contribution in [0.1, 0.15) is 33.6 Å². The van der Waals surface area contributed by atoms with Crippen LogP contribution >= 0.6 is 0 Å². The number of hydrogen-bond donors (Lipinski definition) is 3. The van der Waals surface area contributed by atoms with Crippen molar-refractivity contribution in [2.75, 3.05) is 31.2 Å². The summed E-state index contributed by atoms with van der Waals surface area (Å²) in [5.74, 6) is 0.212. The SMILES string of the molecule is CCCCn1c(N)c(NCCN(C)C(C)C)c(=O)[nH]c1=O. The number of nitrogens with two attached hydrogens (primary N) is 1. The Balaban J connectivity index is 2.87. The Morgan fingerprint density at radius 2 is 2.05 bits per heavy atom. The van der Waals surface area contributed by atoms with Gasteiger partial charge in [-0.2, -0.15) is 0 Å². The van der Waals surface area contributed by atoms with Gasteiger partial charge in [0.2, 0.25) is 0 Å². The van der Waals surface area contributed by atoms with Crippen LogP contribution < -0.4 is 22.3 Å². The molecular weight excluding hydrogens is 270 g/mol. The third kappa shape index (κ3) is 4.63. The summed E-state index contributed by atoms with van der Waals surface area (Å²) in [7, 11) is 2.02. The van der Waals surface area contributed by atoms with Crippen LogP contribution in [0.4, 0.5) is 11.5 Å². The second-order valence-electron chi connectivity index (χ2n) is 5.53. The van der Waals surface area contributed by atoms with Crippen LogP contribution in [0.5, 0.6) is 0 Å². The summed E-state index contributed by atoms with van der Waals surface area (Å²) in [6.45, 7) is 8.13. The van der Waals surface area contributed by atoms with Crippen molar-refractivity contribution in [1.29, 1.82) is 0 Å². The first-order valence-corrected chi connectivity index (χ1v) is 7.45. The van der Waals surface area contributed by atoms with Gasteiger partial charge in [0, 0.05) is 25.7 Å². The average molecular weight is 297 g/mol. The number of aromatic nitrogens is 2. The van der Waals surface area contributed by atoms with E-state index in [2.05, 4.69) is 29.0 Å². The maximum atomic E-state index is 11.9. The first kappa shape index (κ1) is 17.3. The molecule has 0 saturated carbocycles. The number of H-pyrrole nitrogens is 1. The molecule has 21 heavy (non-hydrogen) atoms. The monoisotopic (exact) mass is 297 g/mol. The molecular formula is C14H27N5O2. The van der Waals surface area contributed by atoms with Crippen molar-refractivity contribution in [2.45, 2.75) is 46.2 Å². The Morgan fingerprint density at radius 3 is 2.62 bits per heavy atom. The highest BCUT2D eigenvalue weighted by molar-refractivity contribution is 5.60. The molecule has 0 aliphatic heterocycles. The van der Waals surface area contributed by atoms with Gasteiger partial charge in [-0.25, -0.2) is 4.79 Å². The summed E-state index contributed by atoms with van der Waals surface area (Å²) in [5.41, 5.74) is 5.34. The molecule has 0 aliphatic carbocycles. The van der Waals surface area contributed by atoms with Gasteiger partial charge in [0.15, 0.2) is 0 Å². The second-order valence-corrected chi connectivity index (χ2v) is 5.53. The van der Waals surface area contributed by atoms with Crippen molar-refractivity contribution in [3.63, 3.8) is 0 Å². The predicted molar refractivity (Wildman–Crippen MR) is 86.9 cm³/mol. The Kier molecular flexibility index (Phi) is 6.48. The van der Waals surface area contributed by atoms with E-state index in [4.69, 9.17) is 5.73 Å². The molecule has 0 aliphatic rings. The van der Waals surface area contributed by atoms with Crippen LogP contribution in [0.15, 0.2) is 9.59 Å². The van der Waals surface area contributed by atoms with Crippen LogP contribution in [0, 0.1) is 0 Å². The Morgan fingerprint density at radius 1 is 1.38 bits per heavy atom. The lowest BCUT2D eigenvalue weighted by molar-refractivity contribution is 0.284. The lowest BCUT2D eigenvalue weighted by atomic mass is 10.3. The molecule has 1 aromatic rings. The van der Waals surface area contributed by atoms with E-state index in [1.165, 1.54) is 4.57 Å². The number of aromatic amines is 1. The number of unbranched alkanes of at least 4 members (excludes halogenated alkanes) is 1. The summed E-state index contributed by atoms with van der Waals surface area (Å²) in [5, 5.41) is 3.04. The van der Waals surface area contributed by atoms with Gasteiger partial charge in [-0.15, -0.1) is 0 Å². The van der Waals surface area contributed by atoms with Gasteiger partial charge in [0.25, 0.3) is 5.56 Å². The molecule has 0 fully saturated rings. The summed E-state index contributed by atoms with van der Waals surface area (Å²) < 4.78 is 1.42. The van der Waals surface area contributed by atoms with Gasteiger partial charge in [-0.1, -0.05) is 13.3 Å². The first-order valence-electron chi connectivity index (χ1n) is 7.45. The number of nitrogen functional groups attached to an aromatic ring is 1. The molecule has 7 heteroatoms. The highest BCUT2D eigenvalue weighted by Gasteiger charge is 2.12. The standard InChI is InChI=1S/C14H27N5O2/c1-5-6-8-19-12(15)11(13(20)17-14(19)21)16-7-9-18(4)10(2)3/h10,16H,5-9,15H2,1-4H3,(H,17,20,21). The maximum absolute atomic E-state index is 11.9. The van der Waals surface area contributed by atoms with Crippen LogP contribution in [0.2, 0.25) is 0 Å². The molecule has 0 bridgehead atoms. The smallest absolute Gasteiger partial charge is 0.330 e. The predicted octanol–water partition coefficient (Wildman–Crippen LogP) is 0.671. The molecule has 0 spiro atoms. The van der Waals surface area contributed by atoms with E-state index in [-0.39, 0.29) is 11.5 Å². The van der Waals surface area contributed by atoms with Crippen LogP contribution in [0.3, 0.4) is 0 Å². The fraction of sp³-hybridized carbons (Fsp3) is 0.714. The minimum absolute atomic E-state index is 0.212. The molecule has 1 rings (SSSR count). The Labute approximate surface area is 125 Å². The topological polar surface area (TPSA) is 96.2 Å². The largest absolute Gasteiger partial charge is 0.383 e. The van der Waals surface area contributed by atoms with Gasteiger partial charge in [-0.3, -0.25) is 14.3 Å². The van der Waals surface area contributed by atoms with Gasteiger partial charge >= 0.3 is 5.69 Å². The van der Waals surface area contributed by atoms with E-state index in [1.807, 2.05) is 14.0 Å². The van der Waals surface area contributed by atoms with E-state index in [0.29, 0.717) is 19.1 Å². The number of anilines is 2. The first-order chi connectivity index (χ1) is 9.88. The van der Waals surface area contributed by atoms with Crippen molar-refractivity contribution >= 4 is 11.5 Å². The molecule has 0 saturated heterocycles. The lowest BCUT2D eigenvalue weighted by Crippen LogP contribution is -2.36. The zero-order valence-electron chi connectivity index (χ0n) is 13.4. The molecule has 7 nitrogen and oxygen atoms in total. The zero-order chi connectivity index (χ0) is 16.0. The fourth-order valence-corrected chi connectivity index (χ4v) is 1.91. The van der Waals surface area contributed by atoms with E-state index in [1.54, 1.807) is 0 Å². The zero-order valence-corrected chi connectivity index (χ0v) is 13.4. The van der Waals surface area contributed by atoms with Crippen LogP contribution in [-0.2, 0) is 6.54 Å². The van der Waals surface area contributed by atoms with Gasteiger partial charge in [0.1, 0.15) is 11.5 Å². The minimum Gasteiger partial charge on any atom is -0.383 e. The third-order valence-corrected chi connectivity index (χ3v) is 3.62. The molecule has 0 unspecified atom stereocenters. The molecule has 4 N–H and O–H groups in total. The highest BCUT2D eigenvalue weighted by atomic mass is 16.2. The molecule has 0 radical (unpaired) electrons. The molecule has 1 aromatic heterocycles. The van der Waals surface area contributed by atoms with Crippen LogP contribution in [0.25, 0.3) is 0 Å². The van der Waals surface area contributed by atoms with E-state index in [9.17, 15) is 9.59 Å². The Hall–Kier alpha value is -1.76. The fourth-order valence-electron chi connectivity index (χ4n) is 1.91. The van der Waals surface area contributed by atoms with E-state index in [0.717, 1.165) is 19.4 Å². The molecule has 0 aromatic carbocycles. The lowest BCUT2D eigenvalue weighted by Gasteiger charge is -2.21. The molecule has 120 valence electrons. The molecule has 0 amide bonds. The molecule has 1 heterocycles. The maximum Gasteiger partial charge on any atom is 0.330 e. The average Bonchev–Trinajstić information content (AvgIpc) is 2.41. The summed E-state index contributed by atoms with van der Waals surface area (Å²) in [6, 6.07) is 0.431. The highest BCUT2D eigenvalue weighted by Crippen LogP contribution is 2.10. The van der Waals surface area contributed by atoms with Gasteiger partial charge in [-0.05, 0) is 27.3 Å². The van der Waals surface area contributed by atoms with E-state index >= 15 is 0 Å². The van der Waals surface area contributed by atoms with Gasteiger partial charge < -0.3 is 16.0 Å². The Bertz CT molecular complexity index is 561. The third-order valence-electron chi connectivity index (χ3n) is 3.62. The van der Waals surface area contributed by atoms with E-state index < -0.39 is 11.2 Å². The van der Waals surface area contributed by atoms with Crippen molar-refractivity contribution in [2.24, 2.45) is 0 Å². The number of nitrogens with zero attached hydrogens (tertiary/aromatic N) is 2. The van der Waals surface area contributed by atoms with Crippen molar-refractivity contribution in [3.8, 4) is 0 Å². The number of rotatable bonds is 8. The number of likely N-dealkylation sites (N-methyl/N-ethyl adjacent to an activating group) is 1. The normalized spacial score (nSPS) is 11.3.